The molecule has 1 atom stereocenters. The van der Waals surface area contributed by atoms with Crippen LogP contribution in [0.2, 0.25) is 0 Å². The van der Waals surface area contributed by atoms with Crippen LogP contribution in [0.3, 0.4) is 0 Å². The normalized spacial score (nSPS) is 12.6. The number of aromatic nitrogens is 1. The number of hydrogen-bond donors (Lipinski definition) is 1. The molecule has 0 aliphatic heterocycles. The van der Waals surface area contributed by atoms with Gasteiger partial charge in [0.15, 0.2) is 22.3 Å². The van der Waals surface area contributed by atoms with E-state index in [-0.39, 0.29) is 16.3 Å². The molecule has 1 amide bonds. The Kier molecular flexibility index (Phi) is 6.35. The van der Waals surface area contributed by atoms with Crippen molar-refractivity contribution in [2.45, 2.75) is 12.3 Å². The minimum Gasteiger partial charge on any atom is -0.477 e. The highest BCUT2D eigenvalue weighted by molar-refractivity contribution is 9.10. The van der Waals surface area contributed by atoms with E-state index in [1.807, 2.05) is 0 Å². The molecule has 5 nitrogen and oxygen atoms in total. The number of carbonyl (C=O) groups excluding carboxylic acids is 1. The Morgan fingerprint density at radius 1 is 1.19 bits per heavy atom. The number of ether oxygens (including phenoxy) is 1. The van der Waals surface area contributed by atoms with E-state index in [1.165, 1.54) is 18.6 Å². The molecule has 2 radical (unpaired) electrons. The van der Waals surface area contributed by atoms with Gasteiger partial charge in [-0.1, -0.05) is 12.1 Å². The number of primary amides is 1. The molecule has 0 saturated heterocycles. The summed E-state index contributed by atoms with van der Waals surface area (Å²) in [6.45, 7) is 3.54. The number of alkyl halides is 3. The molecule has 2 N–H and O–H groups in total. The standard InChI is InChI=1S/C20H12BrF5N2O3/c1-2-12(30-13-8-7-11(22)14(15(13)23)18(27)29)19-28-16(17(21)31-19)9-3-5-10(6-4-9)20(24,25)26/h2-8,12H,1H2,(H2,27,29). The summed E-state index contributed by atoms with van der Waals surface area (Å²) in [5.41, 5.74) is 3.65. The van der Waals surface area contributed by atoms with Crippen molar-refractivity contribution in [2.75, 3.05) is 0 Å². The molecule has 162 valence electrons. The van der Waals surface area contributed by atoms with Crippen molar-refractivity contribution in [3.63, 3.8) is 0 Å². The molecule has 11 heteroatoms. The molecule has 1 heterocycles. The van der Waals surface area contributed by atoms with E-state index in [4.69, 9.17) is 14.9 Å². The van der Waals surface area contributed by atoms with Crippen LogP contribution in [0.15, 0.2) is 45.5 Å². The topological polar surface area (TPSA) is 78.4 Å². The lowest BCUT2D eigenvalue weighted by Crippen LogP contribution is -2.17. The predicted molar refractivity (Wildman–Crippen MR) is 103 cm³/mol. The predicted octanol–water partition coefficient (Wildman–Crippen LogP) is 5.66. The van der Waals surface area contributed by atoms with Gasteiger partial charge in [-0.05, 0) is 47.1 Å². The molecule has 0 spiro atoms. The Bertz CT molecular complexity index is 1110. The number of hydrogen-bond acceptors (Lipinski definition) is 4. The first-order valence-corrected chi connectivity index (χ1v) is 9.23. The van der Waals surface area contributed by atoms with Crippen molar-refractivity contribution < 1.29 is 35.9 Å². The van der Waals surface area contributed by atoms with E-state index in [0.717, 1.165) is 24.3 Å². The number of halogens is 6. The van der Waals surface area contributed by atoms with E-state index in [0.29, 0.717) is 5.56 Å². The van der Waals surface area contributed by atoms with Crippen LogP contribution >= 0.6 is 15.9 Å². The van der Waals surface area contributed by atoms with Crippen LogP contribution in [0.4, 0.5) is 22.0 Å². The average molecular weight is 503 g/mol. The third-order valence-electron chi connectivity index (χ3n) is 4.10. The summed E-state index contributed by atoms with van der Waals surface area (Å²) >= 11 is 3.12. The maximum atomic E-state index is 14.4. The average Bonchev–Trinajstić information content (AvgIpc) is 3.08. The summed E-state index contributed by atoms with van der Waals surface area (Å²) in [6.07, 6.45) is -4.47. The van der Waals surface area contributed by atoms with E-state index in [9.17, 15) is 26.7 Å². The monoisotopic (exact) mass is 502 g/mol. The Hall–Kier alpha value is -2.95. The van der Waals surface area contributed by atoms with Gasteiger partial charge in [0.05, 0.1) is 5.56 Å². The second-order valence-electron chi connectivity index (χ2n) is 6.12. The highest BCUT2D eigenvalue weighted by atomic mass is 79.9. The fraction of sp³-hybridized carbons (Fsp3) is 0.100. The molecule has 0 bridgehead atoms. The highest BCUT2D eigenvalue weighted by Crippen LogP contribution is 2.36. The van der Waals surface area contributed by atoms with E-state index >= 15 is 0 Å². The van der Waals surface area contributed by atoms with Gasteiger partial charge >= 0.3 is 6.18 Å². The van der Waals surface area contributed by atoms with E-state index < -0.39 is 46.7 Å². The summed E-state index contributed by atoms with van der Waals surface area (Å²) in [5.74, 6) is -4.42. The van der Waals surface area contributed by atoms with E-state index in [1.54, 1.807) is 0 Å². The SMILES string of the molecule is [CH2][CH]C(Oc1ccc(F)c(C(N)=O)c1F)c1nc(-c2ccc(C(F)(F)F)cc2)c(Br)o1. The van der Waals surface area contributed by atoms with Crippen LogP contribution in [0.25, 0.3) is 11.3 Å². The van der Waals surface area contributed by atoms with Crippen LogP contribution in [0.5, 0.6) is 5.75 Å². The van der Waals surface area contributed by atoms with E-state index in [2.05, 4.69) is 27.8 Å². The highest BCUT2D eigenvalue weighted by Gasteiger charge is 2.30. The third kappa shape index (κ3) is 4.71. The van der Waals surface area contributed by atoms with Crippen molar-refractivity contribution >= 4 is 21.8 Å². The summed E-state index contributed by atoms with van der Waals surface area (Å²) in [5, 5.41) is 0. The zero-order valence-electron chi connectivity index (χ0n) is 15.3. The Morgan fingerprint density at radius 3 is 2.39 bits per heavy atom. The third-order valence-corrected chi connectivity index (χ3v) is 4.64. The first kappa shape index (κ1) is 22.7. The fourth-order valence-electron chi connectivity index (χ4n) is 2.62. The van der Waals surface area contributed by atoms with Gasteiger partial charge in [-0.15, -0.1) is 0 Å². The summed E-state index contributed by atoms with van der Waals surface area (Å²) in [7, 11) is 0. The first-order chi connectivity index (χ1) is 14.5. The zero-order valence-corrected chi connectivity index (χ0v) is 16.9. The van der Waals surface area contributed by atoms with Crippen LogP contribution in [-0.2, 0) is 6.18 Å². The minimum atomic E-state index is -4.49. The maximum absolute atomic E-state index is 14.4. The number of rotatable bonds is 6. The quantitative estimate of drug-likeness (QED) is 0.441. The molecule has 0 fully saturated rings. The Morgan fingerprint density at radius 2 is 1.84 bits per heavy atom. The molecule has 3 rings (SSSR count). The smallest absolute Gasteiger partial charge is 0.416 e. The lowest BCUT2D eigenvalue weighted by Gasteiger charge is -2.15. The molecule has 0 saturated carbocycles. The molecule has 2 aromatic carbocycles. The van der Waals surface area contributed by atoms with Crippen molar-refractivity contribution in [1.82, 2.24) is 4.98 Å². The molecular weight excluding hydrogens is 491 g/mol. The van der Waals surface area contributed by atoms with Crippen molar-refractivity contribution in [3.8, 4) is 17.0 Å². The van der Waals surface area contributed by atoms with Crippen LogP contribution in [0, 0.1) is 25.0 Å². The lowest BCUT2D eigenvalue weighted by molar-refractivity contribution is -0.137. The van der Waals surface area contributed by atoms with Gasteiger partial charge in [0.25, 0.3) is 5.91 Å². The number of benzene rings is 2. The molecule has 0 aliphatic carbocycles. The minimum absolute atomic E-state index is 0.0788. The van der Waals surface area contributed by atoms with Gasteiger partial charge < -0.3 is 14.9 Å². The Labute approximate surface area is 181 Å². The second kappa shape index (κ2) is 8.66. The summed E-state index contributed by atoms with van der Waals surface area (Å²) in [6, 6.07) is 5.93. The van der Waals surface area contributed by atoms with Gasteiger partial charge in [0.1, 0.15) is 17.1 Å². The fourth-order valence-corrected chi connectivity index (χ4v) is 3.10. The number of nitrogens with zero attached hydrogens (tertiary/aromatic N) is 1. The summed E-state index contributed by atoms with van der Waals surface area (Å²) in [4.78, 5) is 15.4. The van der Waals surface area contributed by atoms with Gasteiger partial charge in [-0.2, -0.15) is 13.2 Å². The van der Waals surface area contributed by atoms with Crippen LogP contribution in [0.1, 0.15) is 27.9 Å². The molecular formula is C20H12BrF5N2O3. The number of oxazole rings is 1. The van der Waals surface area contributed by atoms with Crippen molar-refractivity contribution in [2.24, 2.45) is 5.73 Å². The summed E-state index contributed by atoms with van der Waals surface area (Å²) < 4.78 is 77.2. The number of nitrogens with two attached hydrogens (primary N) is 1. The number of amides is 1. The second-order valence-corrected chi connectivity index (χ2v) is 6.84. The van der Waals surface area contributed by atoms with Gasteiger partial charge in [-0.3, -0.25) is 4.79 Å². The molecule has 31 heavy (non-hydrogen) atoms. The van der Waals surface area contributed by atoms with Crippen molar-refractivity contribution in [3.05, 3.63) is 83.1 Å². The zero-order chi connectivity index (χ0) is 22.9. The Balaban J connectivity index is 1.91. The van der Waals surface area contributed by atoms with Crippen LogP contribution < -0.4 is 10.5 Å². The van der Waals surface area contributed by atoms with Gasteiger partial charge in [0, 0.05) is 12.0 Å². The number of carbonyl (C=O) groups is 1. The molecule has 1 unspecified atom stereocenters. The van der Waals surface area contributed by atoms with Crippen LogP contribution in [-0.4, -0.2) is 10.9 Å². The largest absolute Gasteiger partial charge is 0.477 e. The molecule has 1 aromatic heterocycles. The molecule has 0 aliphatic rings. The lowest BCUT2D eigenvalue weighted by atomic mass is 10.1. The maximum Gasteiger partial charge on any atom is 0.416 e. The van der Waals surface area contributed by atoms with Crippen molar-refractivity contribution in [1.29, 1.82) is 0 Å². The molecule has 3 aromatic rings. The van der Waals surface area contributed by atoms with Gasteiger partial charge in [-0.25, -0.2) is 13.8 Å². The first-order valence-electron chi connectivity index (χ1n) is 8.43. The van der Waals surface area contributed by atoms with Gasteiger partial charge in [0.2, 0.25) is 5.89 Å².